The number of hydrogen-bond acceptors (Lipinski definition) is 8. The molecule has 1 aromatic rings. The lowest BCUT2D eigenvalue weighted by Crippen LogP contribution is -2.39. The van der Waals surface area contributed by atoms with Gasteiger partial charge in [0.15, 0.2) is 0 Å². The van der Waals surface area contributed by atoms with E-state index in [1.54, 1.807) is 27.3 Å². The van der Waals surface area contributed by atoms with E-state index in [0.29, 0.717) is 38.7 Å². The number of aliphatic imine (C=N–C) groups is 3. The fraction of sp³-hybridized carbons (Fsp3) is 0.600. The first-order valence-corrected chi connectivity index (χ1v) is 16.4. The third-order valence-electron chi connectivity index (χ3n) is 9.10. The van der Waals surface area contributed by atoms with Crippen molar-refractivity contribution in [3.05, 3.63) is 57.9 Å². The van der Waals surface area contributed by atoms with Gasteiger partial charge in [-0.05, 0) is 75.1 Å². The standard InChI is InChI=1S/C28H40N6O3.C7H12FN/c1-7-21-19(2)10-8-11-22(21)26-15-25(30-3)23(17-37-26)27(32-18-36-6)34-13-9-12-31-20(16-34)14-24(29)28(35)33(4)5;8-6-4-7-2-1-3-9(7)5-6/h8,10-11,14,26H,3,7,9,12-13,15-18,29H2,1-2,4-6H3;6-7H,1-5H2/b24-14-,32-27+;. The Kier molecular flexibility index (Phi) is 13.1. The Balaban J connectivity index is 0.000000451. The molecule has 2 N–H and O–H groups in total. The molecule has 1 amide bonds. The minimum Gasteiger partial charge on any atom is -0.394 e. The van der Waals surface area contributed by atoms with Crippen LogP contribution in [0.15, 0.2) is 56.2 Å². The maximum Gasteiger partial charge on any atom is 0.269 e. The molecule has 0 spiro atoms. The van der Waals surface area contributed by atoms with Crippen LogP contribution in [-0.4, -0.2) is 118 Å². The summed E-state index contributed by atoms with van der Waals surface area (Å²) >= 11 is 0. The van der Waals surface area contributed by atoms with Gasteiger partial charge in [-0.3, -0.25) is 19.7 Å². The SMILES string of the molecule is C=NC1=C(/C(=N\COC)N2CCCN=C(/C=C(\N)C(=O)N(C)C)C2)COC(c2cccc(C)c2CC)C1.FC1CC2CCCN2C1. The van der Waals surface area contributed by atoms with E-state index in [1.807, 2.05) is 0 Å². The molecule has 0 aromatic heterocycles. The lowest BCUT2D eigenvalue weighted by atomic mass is 9.91. The zero-order valence-corrected chi connectivity index (χ0v) is 28.3. The summed E-state index contributed by atoms with van der Waals surface area (Å²) in [6.07, 6.45) is 6.77. The molecule has 5 rings (SSSR count). The summed E-state index contributed by atoms with van der Waals surface area (Å²) in [6, 6.07) is 6.98. The summed E-state index contributed by atoms with van der Waals surface area (Å²) in [4.78, 5) is 32.0. The molecule has 2 fully saturated rings. The van der Waals surface area contributed by atoms with E-state index >= 15 is 0 Å². The van der Waals surface area contributed by atoms with Crippen molar-refractivity contribution in [1.82, 2.24) is 14.7 Å². The number of alkyl halides is 1. The van der Waals surface area contributed by atoms with Crippen LogP contribution in [-0.2, 0) is 20.7 Å². The Hall–Kier alpha value is -3.41. The van der Waals surface area contributed by atoms with Gasteiger partial charge in [-0.25, -0.2) is 9.38 Å². The topological polar surface area (TPSA) is 108 Å². The van der Waals surface area contributed by atoms with Crippen molar-refractivity contribution in [3.8, 4) is 0 Å². The van der Waals surface area contributed by atoms with Gasteiger partial charge in [0, 0.05) is 58.9 Å². The number of nitrogens with zero attached hydrogens (tertiary/aromatic N) is 6. The van der Waals surface area contributed by atoms with Gasteiger partial charge in [0.25, 0.3) is 5.91 Å². The summed E-state index contributed by atoms with van der Waals surface area (Å²) in [7, 11) is 4.96. The average molecular weight is 638 g/mol. The van der Waals surface area contributed by atoms with Crippen molar-refractivity contribution in [2.75, 3.05) is 67.3 Å². The zero-order valence-electron chi connectivity index (χ0n) is 28.3. The van der Waals surface area contributed by atoms with Crippen LogP contribution in [0.25, 0.3) is 0 Å². The predicted octanol–water partition coefficient (Wildman–Crippen LogP) is 4.25. The maximum absolute atomic E-state index is 12.6. The van der Waals surface area contributed by atoms with Crippen LogP contribution in [0.3, 0.4) is 0 Å². The molecule has 3 unspecified atom stereocenters. The molecule has 1 aromatic carbocycles. The largest absolute Gasteiger partial charge is 0.394 e. The lowest BCUT2D eigenvalue weighted by molar-refractivity contribution is -0.124. The van der Waals surface area contributed by atoms with E-state index in [9.17, 15) is 9.18 Å². The summed E-state index contributed by atoms with van der Waals surface area (Å²) in [6.45, 7) is 12.4. The van der Waals surface area contributed by atoms with E-state index in [2.05, 4.69) is 58.5 Å². The second-order valence-electron chi connectivity index (χ2n) is 12.6. The number of likely N-dealkylation sites (N-methyl/N-ethyl adjacent to an activating group) is 1. The Morgan fingerprint density at radius 1 is 1.30 bits per heavy atom. The molecule has 3 atom stereocenters. The molecule has 10 nitrogen and oxygen atoms in total. The molecule has 0 saturated carbocycles. The first kappa shape index (κ1) is 35.4. The molecule has 4 aliphatic heterocycles. The normalized spacial score (nSPS) is 24.2. The minimum atomic E-state index is -0.518. The maximum atomic E-state index is 12.6. The Morgan fingerprint density at radius 2 is 2.11 bits per heavy atom. The van der Waals surface area contributed by atoms with Crippen LogP contribution in [0, 0.1) is 6.92 Å². The highest BCUT2D eigenvalue weighted by Gasteiger charge is 2.35. The number of hydrogen-bond donors (Lipinski definition) is 1. The molecule has 0 aliphatic carbocycles. The number of ether oxygens (including phenoxy) is 2. The van der Waals surface area contributed by atoms with Gasteiger partial charge in [0.1, 0.15) is 18.7 Å². The summed E-state index contributed by atoms with van der Waals surface area (Å²) < 4.78 is 24.3. The van der Waals surface area contributed by atoms with E-state index < -0.39 is 6.17 Å². The van der Waals surface area contributed by atoms with Crippen molar-refractivity contribution in [3.63, 3.8) is 0 Å². The van der Waals surface area contributed by atoms with E-state index in [0.717, 1.165) is 55.2 Å². The molecule has 4 heterocycles. The van der Waals surface area contributed by atoms with Gasteiger partial charge in [-0.1, -0.05) is 25.1 Å². The number of nitrogens with two attached hydrogens (primary N) is 1. The Morgan fingerprint density at radius 3 is 2.80 bits per heavy atom. The van der Waals surface area contributed by atoms with Crippen molar-refractivity contribution < 1.29 is 18.7 Å². The smallest absolute Gasteiger partial charge is 0.269 e. The van der Waals surface area contributed by atoms with Crippen molar-refractivity contribution in [2.45, 2.75) is 70.7 Å². The molecular weight excluding hydrogens is 585 g/mol. The lowest BCUT2D eigenvalue weighted by Gasteiger charge is -2.32. The van der Waals surface area contributed by atoms with Gasteiger partial charge in [-0.2, -0.15) is 0 Å². The van der Waals surface area contributed by atoms with Crippen molar-refractivity contribution in [1.29, 1.82) is 0 Å². The van der Waals surface area contributed by atoms with Gasteiger partial charge in [0.05, 0.1) is 36.4 Å². The number of aryl methyl sites for hydroxylation is 1. The molecule has 4 aliphatic rings. The zero-order chi connectivity index (χ0) is 33.2. The first-order valence-electron chi connectivity index (χ1n) is 16.4. The number of fused-ring (bicyclic) bond motifs is 1. The van der Waals surface area contributed by atoms with E-state index in [1.165, 1.54) is 34.4 Å². The van der Waals surface area contributed by atoms with Gasteiger partial charge >= 0.3 is 0 Å². The third kappa shape index (κ3) is 8.89. The highest BCUT2D eigenvalue weighted by molar-refractivity contribution is 6.07. The number of halogens is 1. The number of amidine groups is 1. The highest BCUT2D eigenvalue weighted by Crippen LogP contribution is 2.36. The second-order valence-corrected chi connectivity index (χ2v) is 12.6. The Labute approximate surface area is 273 Å². The number of amides is 1. The highest BCUT2D eigenvalue weighted by atomic mass is 19.1. The first-order chi connectivity index (χ1) is 22.2. The number of benzene rings is 1. The predicted molar refractivity (Wildman–Crippen MR) is 183 cm³/mol. The minimum absolute atomic E-state index is 0.0937. The van der Waals surface area contributed by atoms with Crippen molar-refractivity contribution in [2.24, 2.45) is 20.7 Å². The second kappa shape index (κ2) is 16.9. The van der Waals surface area contributed by atoms with Gasteiger partial charge in [0.2, 0.25) is 0 Å². The van der Waals surface area contributed by atoms with Crippen LogP contribution in [0.2, 0.25) is 0 Å². The summed E-state index contributed by atoms with van der Waals surface area (Å²) in [5.41, 5.74) is 12.5. The van der Waals surface area contributed by atoms with E-state index in [4.69, 9.17) is 20.2 Å². The monoisotopic (exact) mass is 637 g/mol. The molecular formula is C35H52FN7O3. The quantitative estimate of drug-likeness (QED) is 0.260. The molecule has 46 heavy (non-hydrogen) atoms. The molecule has 0 bridgehead atoms. The van der Waals surface area contributed by atoms with Crippen LogP contribution in [0.5, 0.6) is 0 Å². The third-order valence-corrected chi connectivity index (χ3v) is 9.10. The molecule has 0 radical (unpaired) electrons. The summed E-state index contributed by atoms with van der Waals surface area (Å²) in [5.74, 6) is 0.505. The number of rotatable bonds is 8. The number of carbonyl (C=O) groups excluding carboxylic acids is 1. The fourth-order valence-electron chi connectivity index (χ4n) is 6.81. The summed E-state index contributed by atoms with van der Waals surface area (Å²) in [5, 5.41) is 0. The van der Waals surface area contributed by atoms with Crippen LogP contribution in [0.4, 0.5) is 4.39 Å². The van der Waals surface area contributed by atoms with Crippen LogP contribution < -0.4 is 5.73 Å². The molecule has 2 saturated heterocycles. The Bertz CT molecular complexity index is 1340. The molecule has 252 valence electrons. The van der Waals surface area contributed by atoms with E-state index in [-0.39, 0.29) is 24.4 Å². The van der Waals surface area contributed by atoms with Gasteiger partial charge < -0.3 is 25.0 Å². The van der Waals surface area contributed by atoms with Crippen LogP contribution in [0.1, 0.15) is 61.8 Å². The number of methoxy groups -OCH3 is 1. The fourth-order valence-corrected chi connectivity index (χ4v) is 6.81. The average Bonchev–Trinajstić information content (AvgIpc) is 3.54. The van der Waals surface area contributed by atoms with Crippen LogP contribution >= 0.6 is 0 Å². The van der Waals surface area contributed by atoms with Gasteiger partial charge in [-0.15, -0.1) is 0 Å². The number of carbonyl (C=O) groups is 1. The molecule has 11 heteroatoms. The van der Waals surface area contributed by atoms with Crippen molar-refractivity contribution >= 4 is 24.2 Å².